The number of nitrogens with zero attached hydrogens (tertiary/aromatic N) is 2. The topological polar surface area (TPSA) is 142 Å². The summed E-state index contributed by atoms with van der Waals surface area (Å²) in [5, 5.41) is 2.90. The summed E-state index contributed by atoms with van der Waals surface area (Å²) in [4.78, 5) is 15.8. The number of alkyl carbamates (subject to hydrolysis) is 1. The van der Waals surface area contributed by atoms with Gasteiger partial charge in [0.05, 0.1) is 43.5 Å². The number of piperidine rings is 1. The summed E-state index contributed by atoms with van der Waals surface area (Å²) in [6.45, 7) is 26.0. The molecular weight excluding hydrogens is 726 g/mol. The second kappa shape index (κ2) is 19.9. The van der Waals surface area contributed by atoms with E-state index in [4.69, 9.17) is 27.7 Å². The van der Waals surface area contributed by atoms with Crippen molar-refractivity contribution in [3.8, 4) is 5.75 Å². The van der Waals surface area contributed by atoms with Crippen LogP contribution >= 0.6 is 7.60 Å². The van der Waals surface area contributed by atoms with Crippen molar-refractivity contribution in [2.24, 2.45) is 5.92 Å². The Morgan fingerprint density at radius 2 is 1.56 bits per heavy atom. The summed E-state index contributed by atoms with van der Waals surface area (Å²) < 4.78 is 78.0. The molecular formula is C36H68N3O10PSSi. The van der Waals surface area contributed by atoms with Crippen LogP contribution in [0.1, 0.15) is 82.1 Å². The fourth-order valence-electron chi connectivity index (χ4n) is 5.53. The molecule has 2 atom stereocenters. The second-order valence-electron chi connectivity index (χ2n) is 16.3. The fourth-order valence-corrected chi connectivity index (χ4v) is 9.90. The predicted octanol–water partition coefficient (Wildman–Crippen LogP) is 7.33. The fraction of sp³-hybridized carbons (Fsp3) is 0.806. The molecule has 1 heterocycles. The molecule has 13 nitrogen and oxygen atoms in total. The van der Waals surface area contributed by atoms with Gasteiger partial charge in [-0.1, -0.05) is 34.6 Å². The van der Waals surface area contributed by atoms with Gasteiger partial charge in [-0.3, -0.25) is 4.57 Å². The van der Waals surface area contributed by atoms with E-state index in [0.717, 1.165) is 0 Å². The number of amides is 1. The average Bonchev–Trinajstić information content (AvgIpc) is 3.02. The van der Waals surface area contributed by atoms with Crippen LogP contribution in [0.15, 0.2) is 29.2 Å². The van der Waals surface area contributed by atoms with Crippen LogP contribution in [0.2, 0.25) is 18.1 Å². The van der Waals surface area contributed by atoms with Crippen LogP contribution in [0.4, 0.5) is 4.79 Å². The number of rotatable bonds is 20. The van der Waals surface area contributed by atoms with Crippen LogP contribution in [0.3, 0.4) is 0 Å². The number of ether oxygens (including phenoxy) is 3. The van der Waals surface area contributed by atoms with Crippen molar-refractivity contribution in [1.29, 1.82) is 0 Å². The van der Waals surface area contributed by atoms with Gasteiger partial charge in [0.2, 0.25) is 10.0 Å². The van der Waals surface area contributed by atoms with Gasteiger partial charge in [0, 0.05) is 32.7 Å². The number of likely N-dealkylation sites (tertiary alicyclic amines) is 1. The summed E-state index contributed by atoms with van der Waals surface area (Å²) in [6.07, 6.45) is -0.238. The highest BCUT2D eigenvalue weighted by atomic mass is 32.2. The third-order valence-corrected chi connectivity index (χ3v) is 17.3. The van der Waals surface area contributed by atoms with Gasteiger partial charge in [0.1, 0.15) is 17.7 Å². The highest BCUT2D eigenvalue weighted by Crippen LogP contribution is 2.48. The summed E-state index contributed by atoms with van der Waals surface area (Å²) in [6, 6.07) is 5.75. The van der Waals surface area contributed by atoms with Crippen molar-refractivity contribution in [3.63, 3.8) is 0 Å². The van der Waals surface area contributed by atoms with E-state index in [0.29, 0.717) is 38.2 Å². The normalized spacial score (nSPS) is 17.0. The number of nitrogens with one attached hydrogen (secondary N) is 1. The molecule has 1 fully saturated rings. The third-order valence-electron chi connectivity index (χ3n) is 9.16. The molecule has 0 saturated carbocycles. The molecule has 2 rings (SSSR count). The maximum atomic E-state index is 14.3. The monoisotopic (exact) mass is 793 g/mol. The molecule has 1 aliphatic heterocycles. The number of methoxy groups -OCH3 is 1. The molecule has 0 aliphatic carbocycles. The Kier molecular flexibility index (Phi) is 17.8. The van der Waals surface area contributed by atoms with E-state index in [2.05, 4.69) is 44.1 Å². The lowest BCUT2D eigenvalue weighted by atomic mass is 10.0. The first-order valence-electron chi connectivity index (χ1n) is 18.5. The Balaban J connectivity index is 2.48. The van der Waals surface area contributed by atoms with Gasteiger partial charge >= 0.3 is 13.7 Å². The van der Waals surface area contributed by atoms with Gasteiger partial charge in [-0.25, -0.2) is 13.2 Å². The minimum absolute atomic E-state index is 0.0126. The molecule has 1 amide bonds. The van der Waals surface area contributed by atoms with Crippen LogP contribution in [0.5, 0.6) is 5.75 Å². The zero-order chi connectivity index (χ0) is 39.5. The van der Waals surface area contributed by atoms with Crippen LogP contribution in [0, 0.1) is 5.92 Å². The lowest BCUT2D eigenvalue weighted by Crippen LogP contribution is -2.60. The standard InChI is InChI=1S/C36H68N3O10PSSi/c1-14-46-50(41,47-15-2)27-45-30-20-22-38(23-21-30)25-32(37-34(40)48-35(5,6)7)33(49-52(12,13)36(8,9)10)26-39(24-28(3)4)51(42,43)31-18-16-29(44-11)17-19-31/h16-19,28,30,32-33H,14-15,20-27H2,1-13H3,(H,37,40)/t32-,33+/m0/s1. The van der Waals surface area contributed by atoms with Crippen LogP contribution < -0.4 is 10.1 Å². The summed E-state index contributed by atoms with van der Waals surface area (Å²) in [7, 11) is -8.30. The van der Waals surface area contributed by atoms with Crippen LogP contribution in [0.25, 0.3) is 0 Å². The van der Waals surface area contributed by atoms with E-state index in [1.54, 1.807) is 58.9 Å². The zero-order valence-electron chi connectivity index (χ0n) is 34.0. The van der Waals surface area contributed by atoms with Gasteiger partial charge in [0.25, 0.3) is 0 Å². The van der Waals surface area contributed by atoms with Gasteiger partial charge in [0.15, 0.2) is 8.32 Å². The second-order valence-corrected chi connectivity index (χ2v) is 25.0. The number of carbonyl (C=O) groups excluding carboxylic acids is 1. The molecule has 302 valence electrons. The van der Waals surface area contributed by atoms with Crippen molar-refractivity contribution in [3.05, 3.63) is 24.3 Å². The molecule has 1 N–H and O–H groups in total. The number of hydrogen-bond acceptors (Lipinski definition) is 11. The number of hydrogen-bond donors (Lipinski definition) is 1. The summed E-state index contributed by atoms with van der Waals surface area (Å²) >= 11 is 0. The molecule has 0 aromatic heterocycles. The number of carbonyl (C=O) groups is 1. The largest absolute Gasteiger partial charge is 0.497 e. The molecule has 16 heteroatoms. The molecule has 1 aliphatic rings. The Bertz CT molecular complexity index is 1380. The molecule has 1 aromatic carbocycles. The SMILES string of the molecule is CCOP(=O)(COC1CCN(C[C@H](NC(=O)OC(C)(C)C)[C@@H](CN(CC(C)C)S(=O)(=O)c2ccc(OC)cc2)O[Si](C)(C)C(C)(C)C)CC1)OCC. The van der Waals surface area contributed by atoms with Crippen molar-refractivity contribution in [2.75, 3.05) is 59.4 Å². The van der Waals surface area contributed by atoms with E-state index < -0.39 is 49.8 Å². The quantitative estimate of drug-likeness (QED) is 0.105. The molecule has 0 unspecified atom stereocenters. The molecule has 0 radical (unpaired) electrons. The first-order valence-corrected chi connectivity index (χ1v) is 24.6. The van der Waals surface area contributed by atoms with Crippen molar-refractivity contribution < 1.29 is 45.5 Å². The van der Waals surface area contributed by atoms with E-state index in [1.165, 1.54) is 11.4 Å². The van der Waals surface area contributed by atoms with Crippen molar-refractivity contribution in [1.82, 2.24) is 14.5 Å². The van der Waals surface area contributed by atoms with E-state index in [1.807, 2.05) is 13.8 Å². The minimum Gasteiger partial charge on any atom is -0.497 e. The van der Waals surface area contributed by atoms with Gasteiger partial charge in [-0.05, 0) is 95.8 Å². The Morgan fingerprint density at radius 1 is 1.00 bits per heavy atom. The van der Waals surface area contributed by atoms with Gasteiger partial charge < -0.3 is 37.9 Å². The zero-order valence-corrected chi connectivity index (χ0v) is 36.7. The van der Waals surface area contributed by atoms with Crippen LogP contribution in [-0.2, 0) is 37.5 Å². The molecule has 0 bridgehead atoms. The smallest absolute Gasteiger partial charge is 0.408 e. The maximum Gasteiger partial charge on any atom is 0.408 e. The van der Waals surface area contributed by atoms with E-state index in [-0.39, 0.29) is 54.6 Å². The van der Waals surface area contributed by atoms with Crippen molar-refractivity contribution in [2.45, 2.75) is 129 Å². The van der Waals surface area contributed by atoms with Gasteiger partial charge in [-0.15, -0.1) is 0 Å². The lowest BCUT2D eigenvalue weighted by Gasteiger charge is -2.44. The minimum atomic E-state index is -3.97. The summed E-state index contributed by atoms with van der Waals surface area (Å²) in [5.41, 5.74) is -0.746. The Hall–Kier alpha value is -1.55. The summed E-state index contributed by atoms with van der Waals surface area (Å²) in [5.74, 6) is 0.570. The lowest BCUT2D eigenvalue weighted by molar-refractivity contribution is 0.00834. The molecule has 1 aromatic rings. The Labute approximate surface area is 315 Å². The van der Waals surface area contributed by atoms with Gasteiger partial charge in [-0.2, -0.15) is 4.31 Å². The Morgan fingerprint density at radius 3 is 2.02 bits per heavy atom. The maximum absolute atomic E-state index is 14.3. The predicted molar refractivity (Wildman–Crippen MR) is 208 cm³/mol. The average molecular weight is 794 g/mol. The first-order chi connectivity index (χ1) is 23.9. The highest BCUT2D eigenvalue weighted by Gasteiger charge is 2.43. The molecule has 1 saturated heterocycles. The molecule has 52 heavy (non-hydrogen) atoms. The first kappa shape index (κ1) is 46.6. The van der Waals surface area contributed by atoms with Crippen molar-refractivity contribution >= 4 is 32.0 Å². The number of sulfonamides is 1. The number of benzene rings is 1. The van der Waals surface area contributed by atoms with E-state index >= 15 is 0 Å². The third kappa shape index (κ3) is 14.9. The molecule has 0 spiro atoms. The van der Waals surface area contributed by atoms with E-state index in [9.17, 15) is 17.8 Å². The highest BCUT2D eigenvalue weighted by molar-refractivity contribution is 7.89. The van der Waals surface area contributed by atoms with Crippen LogP contribution in [-0.4, -0.2) is 115 Å².